The lowest BCUT2D eigenvalue weighted by atomic mass is 9.89. The molecule has 8 aromatic heterocycles. The third kappa shape index (κ3) is 29.4. The number of benzene rings is 4. The summed E-state index contributed by atoms with van der Waals surface area (Å²) in [6, 6.07) is 33.1. The first kappa shape index (κ1) is 99.7. The van der Waals surface area contributed by atoms with E-state index in [1.807, 2.05) is 89.1 Å². The molecule has 38 heteroatoms. The Bertz CT molecular complexity index is 5200. The molecule has 27 nitrogen and oxygen atoms in total. The van der Waals surface area contributed by atoms with Crippen molar-refractivity contribution in [2.75, 3.05) is 150 Å². The highest BCUT2D eigenvalue weighted by Gasteiger charge is 2.37. The van der Waals surface area contributed by atoms with Crippen molar-refractivity contribution in [1.82, 2.24) is 90.7 Å². The number of carbonyl (C=O) groups excluding carboxylic acids is 4. The zero-order chi connectivity index (χ0) is 94.0. The summed E-state index contributed by atoms with van der Waals surface area (Å²) in [7, 11) is 0. The average Bonchev–Trinajstić information content (AvgIpc) is 1.68. The quantitative estimate of drug-likeness (QED) is 0.0140. The summed E-state index contributed by atoms with van der Waals surface area (Å²) in [5.41, 5.74) is 9.20. The molecule has 16 rings (SSSR count). The minimum atomic E-state index is -4.20. The van der Waals surface area contributed by atoms with E-state index in [0.717, 1.165) is 167 Å². The predicted octanol–water partition coefficient (Wildman–Crippen LogP) is 18.0. The van der Waals surface area contributed by atoms with E-state index >= 15 is 0 Å². The van der Waals surface area contributed by atoms with Gasteiger partial charge in [-0.2, -0.15) is 44.5 Å². The minimum Gasteiger partial charge on any atom is -0.420 e. The largest absolute Gasteiger partial charge is 0.420 e. The summed E-state index contributed by atoms with van der Waals surface area (Å²) in [5.74, 6) is 0.623. The Morgan fingerprint density at radius 1 is 0.421 bits per heavy atom. The first-order chi connectivity index (χ1) is 64.1. The molecule has 4 fully saturated rings. The second kappa shape index (κ2) is 47.9. The maximum Gasteiger partial charge on any atom is 0.401 e. The third-order valence-corrected chi connectivity index (χ3v) is 26.9. The van der Waals surface area contributed by atoms with Crippen LogP contribution in [0.15, 0.2) is 132 Å². The molecular formula is C95H123F9N22O5S2. The van der Waals surface area contributed by atoms with Crippen LogP contribution in [-0.4, -0.2) is 265 Å². The van der Waals surface area contributed by atoms with Gasteiger partial charge in [0.1, 0.15) is 0 Å². The van der Waals surface area contributed by atoms with E-state index in [1.165, 1.54) is 76.4 Å². The number of anilines is 4. The van der Waals surface area contributed by atoms with E-state index in [2.05, 4.69) is 158 Å². The number of nitrogens with one attached hydrogen (secondary N) is 7. The van der Waals surface area contributed by atoms with Crippen molar-refractivity contribution in [1.29, 1.82) is 0 Å². The highest BCUT2D eigenvalue weighted by Crippen LogP contribution is 2.33. The van der Waals surface area contributed by atoms with Gasteiger partial charge in [-0.25, -0.2) is 4.98 Å². The zero-order valence-electron chi connectivity index (χ0n) is 76.3. The van der Waals surface area contributed by atoms with Crippen molar-refractivity contribution in [3.8, 4) is 0 Å². The van der Waals surface area contributed by atoms with Gasteiger partial charge in [0.05, 0.1) is 25.8 Å². The number of aromatic amines is 5. The number of likely N-dealkylation sites (N-methyl/N-ethyl adjacent to an activating group) is 1. The Morgan fingerprint density at radius 2 is 0.767 bits per heavy atom. The maximum atomic E-state index is 13.0. The number of H-pyrrole nitrogens is 5. The number of alkyl halides is 9. The number of oxazole rings is 1. The molecule has 4 aliphatic heterocycles. The summed E-state index contributed by atoms with van der Waals surface area (Å²) in [5, 5.41) is 36.9. The van der Waals surface area contributed by atoms with E-state index in [1.54, 1.807) is 4.90 Å². The van der Waals surface area contributed by atoms with E-state index in [0.29, 0.717) is 93.7 Å². The number of carbonyl (C=O) groups is 4. The van der Waals surface area contributed by atoms with Gasteiger partial charge in [0.2, 0.25) is 26.2 Å². The first-order valence-electron chi connectivity index (χ1n) is 46.7. The molecule has 0 aliphatic carbocycles. The Balaban J connectivity index is 0.000000151. The van der Waals surface area contributed by atoms with Gasteiger partial charge in [-0.05, 0) is 116 Å². The van der Waals surface area contributed by atoms with Crippen molar-refractivity contribution >= 4 is 112 Å². The minimum absolute atomic E-state index is 0.0371. The van der Waals surface area contributed by atoms with Crippen molar-refractivity contribution in [2.45, 2.75) is 181 Å². The number of ketones is 2. The van der Waals surface area contributed by atoms with Crippen LogP contribution in [0.1, 0.15) is 188 Å². The maximum absolute atomic E-state index is 13.0. The number of aromatic nitrogens is 12. The highest BCUT2D eigenvalue weighted by atomic mass is 32.1. The molecule has 4 unspecified atom stereocenters. The summed E-state index contributed by atoms with van der Waals surface area (Å²) in [6.07, 6.45) is 13.0. The molecule has 4 aromatic carbocycles. The monoisotopic (exact) mass is 1890 g/mol. The molecule has 0 spiro atoms. The second-order valence-corrected chi connectivity index (χ2v) is 36.9. The molecule has 4 aliphatic rings. The van der Waals surface area contributed by atoms with Crippen LogP contribution in [0.4, 0.5) is 61.7 Å². The summed E-state index contributed by atoms with van der Waals surface area (Å²) in [4.78, 5) is 88.1. The van der Waals surface area contributed by atoms with Crippen molar-refractivity contribution in [2.24, 2.45) is 11.8 Å². The van der Waals surface area contributed by atoms with Crippen LogP contribution in [-0.2, 0) is 25.7 Å². The van der Waals surface area contributed by atoms with E-state index in [-0.39, 0.29) is 90.1 Å². The number of para-hydroxylation sites is 4. The number of hydrogen-bond acceptors (Lipinski definition) is 22. The molecule has 0 saturated carbocycles. The number of Topliss-reactive ketones (excluding diaryl/α,β-unsaturated/α-hetero) is 2. The van der Waals surface area contributed by atoms with Crippen LogP contribution in [0.25, 0.3) is 43.6 Å². The van der Waals surface area contributed by atoms with Gasteiger partial charge >= 0.3 is 18.5 Å². The molecule has 0 bridgehead atoms. The number of hydrogen-bond donors (Lipinski definition) is 7. The molecule has 0 radical (unpaired) electrons. The number of unbranched alkanes of at least 4 members (excludes halogenated alkanes) is 4. The molecule has 4 atom stereocenters. The predicted molar refractivity (Wildman–Crippen MR) is 505 cm³/mol. The number of nitrogens with zero attached hydrogens (tertiary/aromatic N) is 15. The average molecular weight is 1890 g/mol. The number of piperazine rings is 4. The summed E-state index contributed by atoms with van der Waals surface area (Å²) >= 11 is 2.58. The Hall–Kier alpha value is -10.8. The lowest BCUT2D eigenvalue weighted by Gasteiger charge is -2.34. The Morgan fingerprint density at radius 3 is 1.14 bits per heavy atom. The van der Waals surface area contributed by atoms with Crippen molar-refractivity contribution in [3.63, 3.8) is 0 Å². The van der Waals surface area contributed by atoms with Crippen molar-refractivity contribution < 1.29 is 63.1 Å². The van der Waals surface area contributed by atoms with Gasteiger partial charge in [-0.3, -0.25) is 39.0 Å². The molecule has 12 heterocycles. The Kier molecular flexibility index (Phi) is 35.9. The molecular weight excluding hydrogens is 1760 g/mol. The fourth-order valence-corrected chi connectivity index (χ4v) is 19.3. The lowest BCUT2D eigenvalue weighted by Crippen LogP contribution is -2.49. The number of amides is 2. The van der Waals surface area contributed by atoms with Crippen LogP contribution >= 0.6 is 22.7 Å². The molecule has 4 saturated heterocycles. The third-order valence-electron chi connectivity index (χ3n) is 25.0. The van der Waals surface area contributed by atoms with Crippen molar-refractivity contribution in [3.05, 3.63) is 172 Å². The van der Waals surface area contributed by atoms with Gasteiger partial charge in [0.15, 0.2) is 23.2 Å². The zero-order valence-corrected chi connectivity index (χ0v) is 77.9. The second-order valence-electron chi connectivity index (χ2n) is 35.0. The van der Waals surface area contributed by atoms with Gasteiger partial charge in [0, 0.05) is 198 Å². The summed E-state index contributed by atoms with van der Waals surface area (Å²) in [6.45, 7) is 17.1. The van der Waals surface area contributed by atoms with Crippen LogP contribution in [0, 0.1) is 11.8 Å². The van der Waals surface area contributed by atoms with Gasteiger partial charge in [0.25, 0.3) is 17.8 Å². The SMILES string of the molecule is CCCCC(CC(=O)c1cnc(N2CCN(CC(F)(F)F)CC2)o1)Cc1c[nH]c2ccccc12.CCCCC(CC(=O)c1nc(N2CCN(CC(F)(F)F)CC2)n[nH]1)Cc1c[nH]c2ccccc12.CCCCC(Cc1c[nH]c2ccccc12)NC(=O)c1nnc(N2CCN(CC(F)(F)F)CC2)s1.CCCCC(Cc1c[nH]c2ccccc12)NC(=O)c1nnc(N2CCN(CC)CC2)s1. The summed E-state index contributed by atoms with van der Waals surface area (Å²) < 4.78 is 119. The smallest absolute Gasteiger partial charge is 0.401 e. The van der Waals surface area contributed by atoms with Crippen LogP contribution in [0.2, 0.25) is 0 Å². The molecule has 7 N–H and O–H groups in total. The lowest BCUT2D eigenvalue weighted by molar-refractivity contribution is -0.147. The van der Waals surface area contributed by atoms with Gasteiger partial charge < -0.3 is 59.5 Å². The van der Waals surface area contributed by atoms with Crippen LogP contribution in [0.3, 0.4) is 0 Å². The van der Waals surface area contributed by atoms with Gasteiger partial charge in [-0.15, -0.1) is 25.5 Å². The molecule has 133 heavy (non-hydrogen) atoms. The van der Waals surface area contributed by atoms with E-state index in [9.17, 15) is 58.7 Å². The topological polar surface area (TPSA) is 301 Å². The molecule has 2 amide bonds. The standard InChI is InChI=1S/C25H31F3N4O2.C24H31F3N6O.C23H29F3N6OS.C23H32N6OS/c1-2-3-6-18(13-19-15-29-21-8-5-4-7-20(19)21)14-22(33)23-16-30-24(34-23)32-11-9-31(10-12-32)17-25(26,27)28;1-2-3-6-17(13-18-15-28-20-8-5-4-7-19(18)20)14-21(34)22-29-23(31-30-22)33-11-9-32(10-12-33)16-24(25,26)27;1-2-3-6-17(13-16-14-27-19-8-5-4-7-18(16)19)28-20(33)21-29-30-22(34-21)32-11-9-31(10-12-32)15-23(24,25)26;1-3-5-8-18(15-17-16-24-20-10-7-6-9-19(17)20)25-21(30)22-26-27-23(31-22)29-13-11-28(4-2)12-14-29/h4-5,7-8,15-16,18,29H,2-3,6,9-14,17H2,1H3;4-5,7-8,15,17,28H,2-3,6,9-14,16H2,1H3,(H,29,30,31);4-5,7-8,14,17,27H,2-3,6,9-13,15H2,1H3,(H,28,33);6-7,9-10,16,18,24H,3-5,8,11-15H2,1-2H3,(H,25,30). The molecule has 718 valence electrons. The number of fused-ring (bicyclic) bond motifs is 4. The van der Waals surface area contributed by atoms with Crippen LogP contribution < -0.4 is 30.2 Å². The van der Waals surface area contributed by atoms with E-state index in [4.69, 9.17) is 4.42 Å². The van der Waals surface area contributed by atoms with Gasteiger partial charge in [-0.1, -0.05) is 181 Å². The fraction of sp³-hybridized carbons (Fsp3) is 0.526. The highest BCUT2D eigenvalue weighted by molar-refractivity contribution is 7.17. The fourth-order valence-electron chi connectivity index (χ4n) is 17.7. The van der Waals surface area contributed by atoms with Crippen LogP contribution in [0.5, 0.6) is 0 Å². The number of halogens is 9. The Labute approximate surface area is 776 Å². The normalized spacial score (nSPS) is 16.2. The number of rotatable bonds is 38. The van der Waals surface area contributed by atoms with E-state index < -0.39 is 38.2 Å². The first-order valence-corrected chi connectivity index (χ1v) is 48.3. The molecule has 12 aromatic rings.